The summed E-state index contributed by atoms with van der Waals surface area (Å²) < 4.78 is 6.99. The minimum atomic E-state index is -0.113. The highest BCUT2D eigenvalue weighted by Gasteiger charge is 1.98. The van der Waals surface area contributed by atoms with Crippen molar-refractivity contribution in [1.82, 2.24) is 4.57 Å². The fourth-order valence-corrected chi connectivity index (χ4v) is 1.61. The summed E-state index contributed by atoms with van der Waals surface area (Å²) in [5.41, 5.74) is 6.62. The fraction of sp³-hybridized carbons (Fsp3) is 0.143. The van der Waals surface area contributed by atoms with Crippen LogP contribution in [0.5, 0.6) is 5.75 Å². The van der Waals surface area contributed by atoms with Crippen molar-refractivity contribution in [3.8, 4) is 11.8 Å². The molecule has 2 N–H and O–H groups in total. The van der Waals surface area contributed by atoms with E-state index in [0.717, 1.165) is 0 Å². The number of nitriles is 1. The molecule has 1 aromatic carbocycles. The molecule has 96 valence electrons. The molecular formula is C14H13N3O2. The number of rotatable bonds is 4. The van der Waals surface area contributed by atoms with E-state index in [-0.39, 0.29) is 5.56 Å². The van der Waals surface area contributed by atoms with Crippen LogP contribution in [0.1, 0.15) is 5.56 Å². The van der Waals surface area contributed by atoms with E-state index >= 15 is 0 Å². The first-order chi connectivity index (χ1) is 9.19. The normalized spacial score (nSPS) is 9.84. The molecule has 0 saturated heterocycles. The van der Waals surface area contributed by atoms with E-state index in [1.165, 1.54) is 10.6 Å². The van der Waals surface area contributed by atoms with Crippen LogP contribution in [0.2, 0.25) is 0 Å². The van der Waals surface area contributed by atoms with Gasteiger partial charge in [0.1, 0.15) is 12.4 Å². The molecule has 1 aromatic heterocycles. The molecule has 0 aliphatic heterocycles. The molecule has 0 aliphatic carbocycles. The number of ether oxygens (including phenoxy) is 1. The predicted octanol–water partition coefficient (Wildman–Crippen LogP) is 1.38. The van der Waals surface area contributed by atoms with Crippen LogP contribution in [0.4, 0.5) is 5.69 Å². The topological polar surface area (TPSA) is 81.0 Å². The maximum absolute atomic E-state index is 11.5. The first-order valence-electron chi connectivity index (χ1n) is 5.78. The van der Waals surface area contributed by atoms with Crippen LogP contribution >= 0.6 is 0 Å². The number of hydrogen-bond donors (Lipinski definition) is 1. The van der Waals surface area contributed by atoms with Gasteiger partial charge < -0.3 is 15.0 Å². The third-order valence-electron chi connectivity index (χ3n) is 2.59. The second-order valence-electron chi connectivity index (χ2n) is 3.98. The monoisotopic (exact) mass is 255 g/mol. The third kappa shape index (κ3) is 3.36. The Labute approximate surface area is 110 Å². The Morgan fingerprint density at radius 2 is 1.95 bits per heavy atom. The molecule has 2 aromatic rings. The van der Waals surface area contributed by atoms with E-state index < -0.39 is 0 Å². The summed E-state index contributed by atoms with van der Waals surface area (Å²) in [4.78, 5) is 11.5. The van der Waals surface area contributed by atoms with Crippen molar-refractivity contribution >= 4 is 5.69 Å². The van der Waals surface area contributed by atoms with Gasteiger partial charge in [-0.3, -0.25) is 4.79 Å². The van der Waals surface area contributed by atoms with Gasteiger partial charge in [-0.2, -0.15) is 5.26 Å². The zero-order valence-corrected chi connectivity index (χ0v) is 10.2. The average Bonchev–Trinajstić information content (AvgIpc) is 2.43. The van der Waals surface area contributed by atoms with E-state index in [1.54, 1.807) is 36.5 Å². The molecule has 0 aliphatic rings. The molecule has 0 unspecified atom stereocenters. The number of pyridine rings is 1. The van der Waals surface area contributed by atoms with Crippen LogP contribution in [-0.2, 0) is 6.54 Å². The maximum Gasteiger partial charge on any atom is 0.250 e. The van der Waals surface area contributed by atoms with Crippen LogP contribution in [0, 0.1) is 11.3 Å². The fourth-order valence-electron chi connectivity index (χ4n) is 1.61. The van der Waals surface area contributed by atoms with Crippen LogP contribution in [-0.4, -0.2) is 11.2 Å². The van der Waals surface area contributed by atoms with Crippen LogP contribution in [0.15, 0.2) is 47.4 Å². The minimum Gasteiger partial charge on any atom is -0.492 e. The molecule has 2 rings (SSSR count). The van der Waals surface area contributed by atoms with E-state index in [0.29, 0.717) is 30.2 Å². The van der Waals surface area contributed by atoms with Gasteiger partial charge in [0.2, 0.25) is 0 Å². The van der Waals surface area contributed by atoms with E-state index in [1.807, 2.05) is 6.07 Å². The highest BCUT2D eigenvalue weighted by atomic mass is 16.5. The molecule has 5 nitrogen and oxygen atoms in total. The number of benzene rings is 1. The molecule has 0 radical (unpaired) electrons. The SMILES string of the molecule is N#Cc1ccc(OCCn2cc(N)ccc2=O)cc1. The lowest BCUT2D eigenvalue weighted by Gasteiger charge is -2.08. The Kier molecular flexibility index (Phi) is 3.84. The van der Waals surface area contributed by atoms with Crippen molar-refractivity contribution in [3.05, 3.63) is 58.5 Å². The van der Waals surface area contributed by atoms with E-state index in [4.69, 9.17) is 15.7 Å². The summed E-state index contributed by atoms with van der Waals surface area (Å²) in [6, 6.07) is 11.8. The molecule has 0 fully saturated rings. The van der Waals surface area contributed by atoms with Crippen molar-refractivity contribution in [3.63, 3.8) is 0 Å². The molecule has 19 heavy (non-hydrogen) atoms. The standard InChI is InChI=1S/C14H13N3O2/c15-9-11-1-4-13(5-2-11)19-8-7-17-10-12(16)3-6-14(17)18/h1-6,10H,7-8,16H2. The van der Waals surface area contributed by atoms with Crippen LogP contribution < -0.4 is 16.0 Å². The van der Waals surface area contributed by atoms with Gasteiger partial charge in [-0.15, -0.1) is 0 Å². The summed E-state index contributed by atoms with van der Waals surface area (Å²) in [5.74, 6) is 0.663. The number of hydrogen-bond acceptors (Lipinski definition) is 4. The van der Waals surface area contributed by atoms with Crippen molar-refractivity contribution in [2.75, 3.05) is 12.3 Å². The van der Waals surface area contributed by atoms with Gasteiger partial charge >= 0.3 is 0 Å². The molecule has 0 atom stereocenters. The highest BCUT2D eigenvalue weighted by Crippen LogP contribution is 2.11. The van der Waals surface area contributed by atoms with Gasteiger partial charge in [-0.1, -0.05) is 0 Å². The first kappa shape index (κ1) is 12.7. The second kappa shape index (κ2) is 5.74. The summed E-state index contributed by atoms with van der Waals surface area (Å²) >= 11 is 0. The largest absolute Gasteiger partial charge is 0.492 e. The Morgan fingerprint density at radius 3 is 2.63 bits per heavy atom. The van der Waals surface area contributed by atoms with Crippen LogP contribution in [0.3, 0.4) is 0 Å². The summed E-state index contributed by atoms with van der Waals surface area (Å²) in [6.07, 6.45) is 1.59. The lowest BCUT2D eigenvalue weighted by Crippen LogP contribution is -2.22. The average molecular weight is 255 g/mol. The molecule has 1 heterocycles. The van der Waals surface area contributed by atoms with Gasteiger partial charge in [0.15, 0.2) is 0 Å². The summed E-state index contributed by atoms with van der Waals surface area (Å²) in [6.45, 7) is 0.777. The molecule has 0 amide bonds. The number of aromatic nitrogens is 1. The van der Waals surface area contributed by atoms with Crippen molar-refractivity contribution in [2.45, 2.75) is 6.54 Å². The van der Waals surface area contributed by atoms with Crippen LogP contribution in [0.25, 0.3) is 0 Å². The van der Waals surface area contributed by atoms with Gasteiger partial charge in [0.05, 0.1) is 18.2 Å². The van der Waals surface area contributed by atoms with Gasteiger partial charge in [-0.25, -0.2) is 0 Å². The third-order valence-corrected chi connectivity index (χ3v) is 2.59. The van der Waals surface area contributed by atoms with E-state index in [2.05, 4.69) is 0 Å². The summed E-state index contributed by atoms with van der Waals surface area (Å²) in [5, 5.41) is 8.67. The zero-order chi connectivity index (χ0) is 13.7. The second-order valence-corrected chi connectivity index (χ2v) is 3.98. The quantitative estimate of drug-likeness (QED) is 0.894. The van der Waals surface area contributed by atoms with E-state index in [9.17, 15) is 4.79 Å². The number of anilines is 1. The molecular weight excluding hydrogens is 242 g/mol. The van der Waals surface area contributed by atoms with Crippen molar-refractivity contribution < 1.29 is 4.74 Å². The highest BCUT2D eigenvalue weighted by molar-refractivity contribution is 5.34. The molecule has 0 bridgehead atoms. The predicted molar refractivity (Wildman–Crippen MR) is 71.8 cm³/mol. The molecule has 0 saturated carbocycles. The Hall–Kier alpha value is -2.74. The summed E-state index contributed by atoms with van der Waals surface area (Å²) in [7, 11) is 0. The zero-order valence-electron chi connectivity index (χ0n) is 10.2. The molecule has 5 heteroatoms. The van der Waals surface area contributed by atoms with Gasteiger partial charge in [-0.05, 0) is 30.3 Å². The maximum atomic E-state index is 11.5. The number of nitrogens with zero attached hydrogens (tertiary/aromatic N) is 2. The smallest absolute Gasteiger partial charge is 0.250 e. The number of nitrogens with two attached hydrogens (primary N) is 1. The van der Waals surface area contributed by atoms with Gasteiger partial charge in [0.25, 0.3) is 5.56 Å². The van der Waals surface area contributed by atoms with Gasteiger partial charge in [0, 0.05) is 18.0 Å². The Bertz CT molecular complexity index is 654. The van der Waals surface area contributed by atoms with Crippen molar-refractivity contribution in [2.24, 2.45) is 0 Å². The Morgan fingerprint density at radius 1 is 1.21 bits per heavy atom. The lowest BCUT2D eigenvalue weighted by atomic mass is 10.2. The number of nitrogen functional groups attached to an aromatic ring is 1. The van der Waals surface area contributed by atoms with Crippen molar-refractivity contribution in [1.29, 1.82) is 5.26 Å². The first-order valence-corrected chi connectivity index (χ1v) is 5.78. The Balaban J connectivity index is 1.94. The minimum absolute atomic E-state index is 0.113. The lowest BCUT2D eigenvalue weighted by molar-refractivity contribution is 0.296. The molecule has 0 spiro atoms.